The second-order valence-corrected chi connectivity index (χ2v) is 8.70. The Morgan fingerprint density at radius 1 is 1.22 bits per heavy atom. The van der Waals surface area contributed by atoms with Crippen molar-refractivity contribution in [3.63, 3.8) is 0 Å². The van der Waals surface area contributed by atoms with Gasteiger partial charge in [0.05, 0.1) is 24.6 Å². The third-order valence-electron chi connectivity index (χ3n) is 4.82. The van der Waals surface area contributed by atoms with Crippen LogP contribution >= 0.6 is 0 Å². The second kappa shape index (κ2) is 8.10. The molecule has 0 bridgehead atoms. The van der Waals surface area contributed by atoms with Crippen molar-refractivity contribution in [2.24, 2.45) is 0 Å². The van der Waals surface area contributed by atoms with Crippen LogP contribution in [0.15, 0.2) is 53.4 Å². The molecule has 0 aliphatic heterocycles. The molecule has 6 nitrogen and oxygen atoms in total. The summed E-state index contributed by atoms with van der Waals surface area (Å²) in [7, 11) is -0.638. The Labute approximate surface area is 160 Å². The SMILES string of the molecule is COc1ccc2c(c1)CCC[C@H]2NC(=O)CN(C)S(=O)(=O)c1ccccc1. The van der Waals surface area contributed by atoms with Crippen LogP contribution in [0.5, 0.6) is 5.75 Å². The number of hydrogen-bond acceptors (Lipinski definition) is 4. The summed E-state index contributed by atoms with van der Waals surface area (Å²) in [5, 5.41) is 2.98. The number of nitrogens with one attached hydrogen (secondary N) is 1. The van der Waals surface area contributed by atoms with Gasteiger partial charge in [-0.3, -0.25) is 4.79 Å². The molecule has 7 heteroatoms. The molecule has 144 valence electrons. The number of nitrogens with zero attached hydrogens (tertiary/aromatic N) is 1. The zero-order valence-electron chi connectivity index (χ0n) is 15.5. The van der Waals surface area contributed by atoms with Gasteiger partial charge in [-0.2, -0.15) is 4.31 Å². The van der Waals surface area contributed by atoms with E-state index in [9.17, 15) is 13.2 Å². The largest absolute Gasteiger partial charge is 0.497 e. The number of fused-ring (bicyclic) bond motifs is 1. The van der Waals surface area contributed by atoms with Crippen molar-refractivity contribution in [3.8, 4) is 5.75 Å². The predicted octanol–water partition coefficient (Wildman–Crippen LogP) is 2.51. The molecule has 0 radical (unpaired) electrons. The van der Waals surface area contributed by atoms with E-state index in [4.69, 9.17) is 4.74 Å². The van der Waals surface area contributed by atoms with Gasteiger partial charge in [-0.15, -0.1) is 0 Å². The maximum absolute atomic E-state index is 12.6. The summed E-state index contributed by atoms with van der Waals surface area (Å²) in [4.78, 5) is 12.7. The quantitative estimate of drug-likeness (QED) is 0.825. The van der Waals surface area contributed by atoms with Gasteiger partial charge < -0.3 is 10.1 Å². The first kappa shape index (κ1) is 19.4. The van der Waals surface area contributed by atoms with Gasteiger partial charge in [0, 0.05) is 7.05 Å². The van der Waals surface area contributed by atoms with Crippen LogP contribution in [0.3, 0.4) is 0 Å². The van der Waals surface area contributed by atoms with Crippen LogP contribution in [0, 0.1) is 0 Å². The van der Waals surface area contributed by atoms with Gasteiger partial charge in [0.1, 0.15) is 5.75 Å². The Morgan fingerprint density at radius 2 is 1.96 bits per heavy atom. The molecule has 1 atom stereocenters. The number of benzene rings is 2. The maximum atomic E-state index is 12.6. The molecule has 0 heterocycles. The predicted molar refractivity (Wildman–Crippen MR) is 103 cm³/mol. The van der Waals surface area contributed by atoms with Gasteiger partial charge in [0.15, 0.2) is 0 Å². The zero-order valence-corrected chi connectivity index (χ0v) is 16.3. The van der Waals surface area contributed by atoms with Crippen molar-refractivity contribution < 1.29 is 17.9 Å². The molecule has 27 heavy (non-hydrogen) atoms. The van der Waals surface area contributed by atoms with Crippen LogP contribution < -0.4 is 10.1 Å². The minimum Gasteiger partial charge on any atom is -0.497 e. The normalized spacial score (nSPS) is 16.6. The van der Waals surface area contributed by atoms with E-state index in [2.05, 4.69) is 5.32 Å². The summed E-state index contributed by atoms with van der Waals surface area (Å²) in [6.07, 6.45) is 2.74. The van der Waals surface area contributed by atoms with Crippen molar-refractivity contribution in [1.82, 2.24) is 9.62 Å². The highest BCUT2D eigenvalue weighted by molar-refractivity contribution is 7.89. The summed E-state index contributed by atoms with van der Waals surface area (Å²) >= 11 is 0. The highest BCUT2D eigenvalue weighted by Crippen LogP contribution is 2.32. The van der Waals surface area contributed by atoms with Gasteiger partial charge >= 0.3 is 0 Å². The minimum atomic E-state index is -3.69. The third-order valence-corrected chi connectivity index (χ3v) is 6.63. The molecule has 1 aliphatic carbocycles. The summed E-state index contributed by atoms with van der Waals surface area (Å²) in [5.74, 6) is 0.486. The van der Waals surface area contributed by atoms with Crippen LogP contribution in [0.4, 0.5) is 0 Å². The first-order valence-corrected chi connectivity index (χ1v) is 10.3. The minimum absolute atomic E-state index is 0.111. The van der Waals surface area contributed by atoms with E-state index in [-0.39, 0.29) is 23.4 Å². The van der Waals surface area contributed by atoms with Crippen molar-refractivity contribution in [3.05, 3.63) is 59.7 Å². The number of likely N-dealkylation sites (N-methyl/N-ethyl adjacent to an activating group) is 1. The molecule has 0 fully saturated rings. The number of rotatable bonds is 6. The highest BCUT2D eigenvalue weighted by Gasteiger charge is 2.26. The zero-order chi connectivity index (χ0) is 19.4. The molecule has 2 aromatic carbocycles. The first-order chi connectivity index (χ1) is 12.9. The van der Waals surface area contributed by atoms with Gasteiger partial charge in [-0.05, 0) is 54.7 Å². The van der Waals surface area contributed by atoms with Crippen molar-refractivity contribution in [2.45, 2.75) is 30.2 Å². The number of ether oxygens (including phenoxy) is 1. The smallest absolute Gasteiger partial charge is 0.243 e. The fourth-order valence-electron chi connectivity index (χ4n) is 3.37. The standard InChI is InChI=1S/C20H24N2O4S/c1-22(27(24,25)17-8-4-3-5-9-17)14-20(23)21-19-10-6-7-15-13-16(26-2)11-12-18(15)19/h3-5,8-9,11-13,19H,6-7,10,14H2,1-2H3,(H,21,23)/t19-/m1/s1. The number of sulfonamides is 1. The Bertz CT molecular complexity index is 913. The molecule has 0 unspecified atom stereocenters. The maximum Gasteiger partial charge on any atom is 0.243 e. The number of aryl methyl sites for hydroxylation is 1. The number of hydrogen-bond donors (Lipinski definition) is 1. The van der Waals surface area contributed by atoms with Crippen LogP contribution in [0.2, 0.25) is 0 Å². The monoisotopic (exact) mass is 388 g/mol. The lowest BCUT2D eigenvalue weighted by Crippen LogP contribution is -2.40. The van der Waals surface area contributed by atoms with Crippen LogP contribution in [-0.4, -0.2) is 39.3 Å². The molecular weight excluding hydrogens is 364 g/mol. The van der Waals surface area contributed by atoms with Gasteiger partial charge in [0.2, 0.25) is 15.9 Å². The molecule has 0 aromatic heterocycles. The summed E-state index contributed by atoms with van der Waals surface area (Å²) in [5.41, 5.74) is 2.24. The topological polar surface area (TPSA) is 75.7 Å². The fraction of sp³-hybridized carbons (Fsp3) is 0.350. The number of methoxy groups -OCH3 is 1. The molecule has 0 saturated carbocycles. The van der Waals surface area contributed by atoms with Crippen LogP contribution in [0.1, 0.15) is 30.0 Å². The van der Waals surface area contributed by atoms with E-state index in [1.807, 2.05) is 18.2 Å². The Balaban J connectivity index is 1.68. The molecule has 0 saturated heterocycles. The Kier molecular flexibility index (Phi) is 5.82. The number of carbonyl (C=O) groups excluding carboxylic acids is 1. The molecule has 0 spiro atoms. The van der Waals surface area contributed by atoms with Gasteiger partial charge in [-0.25, -0.2) is 8.42 Å². The molecule has 1 amide bonds. The summed E-state index contributed by atoms with van der Waals surface area (Å²) in [6.45, 7) is -0.223. The second-order valence-electron chi connectivity index (χ2n) is 6.65. The molecule has 1 aliphatic rings. The fourth-order valence-corrected chi connectivity index (χ4v) is 4.52. The van der Waals surface area contributed by atoms with Gasteiger partial charge in [-0.1, -0.05) is 24.3 Å². The van der Waals surface area contributed by atoms with E-state index in [1.165, 1.54) is 19.2 Å². The third kappa shape index (κ3) is 4.31. The van der Waals surface area contributed by atoms with E-state index in [1.54, 1.807) is 25.3 Å². The van der Waals surface area contributed by atoms with Crippen LogP contribution in [-0.2, 0) is 21.2 Å². The first-order valence-electron chi connectivity index (χ1n) is 8.89. The van der Waals surface area contributed by atoms with Crippen molar-refractivity contribution in [2.75, 3.05) is 20.7 Å². The lowest BCUT2D eigenvalue weighted by atomic mass is 9.87. The average molecular weight is 388 g/mol. The summed E-state index contributed by atoms with van der Waals surface area (Å²) < 4.78 is 31.5. The van der Waals surface area contributed by atoms with E-state index in [0.29, 0.717) is 0 Å². The number of carbonyl (C=O) groups is 1. The average Bonchev–Trinajstić information content (AvgIpc) is 2.68. The highest BCUT2D eigenvalue weighted by atomic mass is 32.2. The lowest BCUT2D eigenvalue weighted by molar-refractivity contribution is -0.122. The Morgan fingerprint density at radius 3 is 2.67 bits per heavy atom. The molecule has 1 N–H and O–H groups in total. The number of amides is 1. The molecule has 2 aromatic rings. The summed E-state index contributed by atoms with van der Waals surface area (Å²) in [6, 6.07) is 13.9. The van der Waals surface area contributed by atoms with Crippen molar-refractivity contribution >= 4 is 15.9 Å². The van der Waals surface area contributed by atoms with Crippen LogP contribution in [0.25, 0.3) is 0 Å². The van der Waals surface area contributed by atoms with Crippen molar-refractivity contribution in [1.29, 1.82) is 0 Å². The van der Waals surface area contributed by atoms with E-state index in [0.717, 1.165) is 40.4 Å². The van der Waals surface area contributed by atoms with E-state index >= 15 is 0 Å². The Hall–Kier alpha value is -2.38. The molecule has 3 rings (SSSR count). The molecular formula is C20H24N2O4S. The van der Waals surface area contributed by atoms with Gasteiger partial charge in [0.25, 0.3) is 0 Å². The lowest BCUT2D eigenvalue weighted by Gasteiger charge is -2.27. The van der Waals surface area contributed by atoms with E-state index < -0.39 is 10.0 Å².